The van der Waals surface area contributed by atoms with Crippen LogP contribution in [0, 0.1) is 0 Å². The molecule has 0 spiro atoms. The maximum atomic E-state index is 12.1. The van der Waals surface area contributed by atoms with Crippen LogP contribution in [0.1, 0.15) is 18.1 Å². The molecule has 0 bridgehead atoms. The van der Waals surface area contributed by atoms with Crippen LogP contribution < -0.4 is 5.32 Å². The predicted octanol–water partition coefficient (Wildman–Crippen LogP) is 4.75. The van der Waals surface area contributed by atoms with Crippen molar-refractivity contribution in [1.29, 1.82) is 0 Å². The first-order valence-corrected chi connectivity index (χ1v) is 8.42. The van der Waals surface area contributed by atoms with Crippen molar-refractivity contribution >= 4 is 46.8 Å². The molecule has 6 heteroatoms. The first-order valence-electron chi connectivity index (χ1n) is 7.66. The highest BCUT2D eigenvalue weighted by Crippen LogP contribution is 2.23. The largest absolute Gasteiger partial charge is 0.463 e. The second kappa shape index (κ2) is 9.25. The maximum Gasteiger partial charge on any atom is 0.330 e. The summed E-state index contributed by atoms with van der Waals surface area (Å²) in [6.07, 6.45) is 3.21. The van der Waals surface area contributed by atoms with E-state index in [2.05, 4.69) is 5.32 Å². The number of nitrogens with one attached hydrogen (secondary N) is 1. The van der Waals surface area contributed by atoms with Crippen LogP contribution in [0.15, 0.2) is 48.5 Å². The van der Waals surface area contributed by atoms with Crippen molar-refractivity contribution in [3.63, 3.8) is 0 Å². The van der Waals surface area contributed by atoms with E-state index in [1.54, 1.807) is 55.5 Å². The van der Waals surface area contributed by atoms with Gasteiger partial charge in [0.2, 0.25) is 5.91 Å². The summed E-state index contributed by atoms with van der Waals surface area (Å²) < 4.78 is 4.81. The van der Waals surface area contributed by atoms with Crippen molar-refractivity contribution in [3.05, 3.63) is 69.7 Å². The number of ether oxygens (including phenoxy) is 1. The molecular formula is C19H17Cl2NO3. The van der Waals surface area contributed by atoms with Gasteiger partial charge in [0.15, 0.2) is 0 Å². The van der Waals surface area contributed by atoms with Crippen LogP contribution in [0.5, 0.6) is 0 Å². The lowest BCUT2D eigenvalue weighted by Gasteiger charge is -2.06. The average Bonchev–Trinajstić information content (AvgIpc) is 2.58. The number of benzene rings is 2. The second-order valence-electron chi connectivity index (χ2n) is 5.18. The van der Waals surface area contributed by atoms with Gasteiger partial charge in [0.05, 0.1) is 23.1 Å². The van der Waals surface area contributed by atoms with E-state index >= 15 is 0 Å². The third-order valence-corrected chi connectivity index (χ3v) is 3.98. The van der Waals surface area contributed by atoms with Crippen LogP contribution in [-0.4, -0.2) is 18.5 Å². The summed E-state index contributed by atoms with van der Waals surface area (Å²) in [5, 5.41) is 3.68. The predicted molar refractivity (Wildman–Crippen MR) is 101 cm³/mol. The molecule has 0 atom stereocenters. The minimum atomic E-state index is -0.387. The van der Waals surface area contributed by atoms with Crippen molar-refractivity contribution < 1.29 is 14.3 Å². The molecule has 0 radical (unpaired) electrons. The number of hydrogen-bond donors (Lipinski definition) is 1. The first-order chi connectivity index (χ1) is 12.0. The van der Waals surface area contributed by atoms with Crippen LogP contribution in [0.25, 0.3) is 6.08 Å². The summed E-state index contributed by atoms with van der Waals surface area (Å²) in [6.45, 7) is 2.09. The summed E-state index contributed by atoms with van der Waals surface area (Å²) >= 11 is 11.8. The Morgan fingerprint density at radius 1 is 1.08 bits per heavy atom. The number of amides is 1. The SMILES string of the molecule is CCOC(=O)/C=C/c1ccc(NC(=O)Cc2ccc(Cl)c(Cl)c2)cc1. The van der Waals surface area contributed by atoms with Gasteiger partial charge in [0, 0.05) is 11.8 Å². The summed E-state index contributed by atoms with van der Waals surface area (Å²) in [6, 6.07) is 12.2. The standard InChI is InChI=1S/C19H17Cl2NO3/c1-2-25-19(24)10-6-13-3-7-15(8-4-13)22-18(23)12-14-5-9-16(20)17(21)11-14/h3-11H,2,12H2,1H3,(H,22,23)/b10-6+. The highest BCUT2D eigenvalue weighted by Gasteiger charge is 2.06. The van der Waals surface area contributed by atoms with Gasteiger partial charge in [-0.1, -0.05) is 41.4 Å². The van der Waals surface area contributed by atoms with Gasteiger partial charge in [-0.05, 0) is 48.4 Å². The third kappa shape index (κ3) is 6.25. The highest BCUT2D eigenvalue weighted by atomic mass is 35.5. The van der Waals surface area contributed by atoms with E-state index in [1.807, 2.05) is 0 Å². The second-order valence-corrected chi connectivity index (χ2v) is 6.00. The minimum Gasteiger partial charge on any atom is -0.463 e. The Labute approximate surface area is 156 Å². The average molecular weight is 378 g/mol. The summed E-state index contributed by atoms with van der Waals surface area (Å²) in [5.41, 5.74) is 2.27. The van der Waals surface area contributed by atoms with Crippen molar-refractivity contribution in [1.82, 2.24) is 0 Å². The molecule has 1 amide bonds. The van der Waals surface area contributed by atoms with Crippen molar-refractivity contribution in [3.8, 4) is 0 Å². The van der Waals surface area contributed by atoms with Gasteiger partial charge in [0.25, 0.3) is 0 Å². The molecular weight excluding hydrogens is 361 g/mol. The lowest BCUT2D eigenvalue weighted by atomic mass is 10.1. The van der Waals surface area contributed by atoms with Gasteiger partial charge in [-0.25, -0.2) is 4.79 Å². The topological polar surface area (TPSA) is 55.4 Å². The molecule has 0 saturated carbocycles. The molecule has 2 aromatic carbocycles. The highest BCUT2D eigenvalue weighted by molar-refractivity contribution is 6.42. The Bertz CT molecular complexity index is 786. The van der Waals surface area contributed by atoms with E-state index in [0.29, 0.717) is 22.3 Å². The quantitative estimate of drug-likeness (QED) is 0.583. The number of carbonyl (C=O) groups excluding carboxylic acids is 2. The van der Waals surface area contributed by atoms with Crippen molar-refractivity contribution in [2.45, 2.75) is 13.3 Å². The molecule has 25 heavy (non-hydrogen) atoms. The summed E-state index contributed by atoms with van der Waals surface area (Å²) in [5.74, 6) is -0.547. The molecule has 0 aliphatic heterocycles. The number of hydrogen-bond acceptors (Lipinski definition) is 3. The van der Waals surface area contributed by atoms with E-state index in [0.717, 1.165) is 11.1 Å². The van der Waals surface area contributed by atoms with E-state index in [4.69, 9.17) is 27.9 Å². The van der Waals surface area contributed by atoms with Gasteiger partial charge in [0.1, 0.15) is 0 Å². The molecule has 4 nitrogen and oxygen atoms in total. The monoisotopic (exact) mass is 377 g/mol. The lowest BCUT2D eigenvalue weighted by Crippen LogP contribution is -2.14. The van der Waals surface area contributed by atoms with E-state index in [-0.39, 0.29) is 18.3 Å². The Morgan fingerprint density at radius 3 is 2.44 bits per heavy atom. The molecule has 2 rings (SSSR count). The Morgan fingerprint density at radius 2 is 1.80 bits per heavy atom. The van der Waals surface area contributed by atoms with Crippen molar-refractivity contribution in [2.75, 3.05) is 11.9 Å². The number of rotatable bonds is 6. The fraction of sp³-hybridized carbons (Fsp3) is 0.158. The molecule has 0 aromatic heterocycles. The molecule has 0 heterocycles. The molecule has 0 aliphatic rings. The molecule has 0 unspecified atom stereocenters. The van der Waals surface area contributed by atoms with Gasteiger partial charge in [-0.2, -0.15) is 0 Å². The minimum absolute atomic E-state index is 0.159. The molecule has 2 aromatic rings. The molecule has 0 fully saturated rings. The Hall–Kier alpha value is -2.30. The van der Waals surface area contributed by atoms with Crippen LogP contribution >= 0.6 is 23.2 Å². The van der Waals surface area contributed by atoms with E-state index in [1.165, 1.54) is 6.08 Å². The van der Waals surface area contributed by atoms with Crippen LogP contribution in [0.4, 0.5) is 5.69 Å². The van der Waals surface area contributed by atoms with Crippen molar-refractivity contribution in [2.24, 2.45) is 0 Å². The lowest BCUT2D eigenvalue weighted by molar-refractivity contribution is -0.137. The van der Waals surface area contributed by atoms with Gasteiger partial charge in [-0.15, -0.1) is 0 Å². The number of carbonyl (C=O) groups is 2. The zero-order chi connectivity index (χ0) is 18.2. The normalized spacial score (nSPS) is 10.7. The molecule has 0 aliphatic carbocycles. The Kier molecular flexibility index (Phi) is 7.04. The fourth-order valence-electron chi connectivity index (χ4n) is 2.07. The fourth-order valence-corrected chi connectivity index (χ4v) is 2.39. The molecule has 0 saturated heterocycles. The van der Waals surface area contributed by atoms with Crippen LogP contribution in [0.2, 0.25) is 10.0 Å². The van der Waals surface area contributed by atoms with Gasteiger partial charge < -0.3 is 10.1 Å². The van der Waals surface area contributed by atoms with E-state index in [9.17, 15) is 9.59 Å². The van der Waals surface area contributed by atoms with E-state index < -0.39 is 0 Å². The first kappa shape index (κ1) is 19.0. The molecule has 130 valence electrons. The Balaban J connectivity index is 1.92. The third-order valence-electron chi connectivity index (χ3n) is 3.24. The summed E-state index contributed by atoms with van der Waals surface area (Å²) in [7, 11) is 0. The zero-order valence-electron chi connectivity index (χ0n) is 13.6. The van der Waals surface area contributed by atoms with Gasteiger partial charge >= 0.3 is 5.97 Å². The summed E-state index contributed by atoms with van der Waals surface area (Å²) in [4.78, 5) is 23.4. The van der Waals surface area contributed by atoms with Crippen LogP contribution in [0.3, 0.4) is 0 Å². The molecule has 1 N–H and O–H groups in total. The number of anilines is 1. The van der Waals surface area contributed by atoms with Gasteiger partial charge in [-0.3, -0.25) is 4.79 Å². The van der Waals surface area contributed by atoms with Crippen LogP contribution in [-0.2, 0) is 20.7 Å². The smallest absolute Gasteiger partial charge is 0.330 e. The zero-order valence-corrected chi connectivity index (χ0v) is 15.1. The number of esters is 1. The maximum absolute atomic E-state index is 12.1. The number of halogens is 2.